The zero-order valence-corrected chi connectivity index (χ0v) is 16.2. The molecule has 2 aromatic rings. The maximum absolute atomic E-state index is 11.8. The Morgan fingerprint density at radius 2 is 1.69 bits per heavy atom. The van der Waals surface area contributed by atoms with E-state index in [0.29, 0.717) is 11.6 Å². The zero-order valence-electron chi connectivity index (χ0n) is 16.2. The maximum Gasteiger partial charge on any atom is 0.325 e. The Labute approximate surface area is 167 Å². The van der Waals surface area contributed by atoms with Gasteiger partial charge >= 0.3 is 5.97 Å². The number of benzene rings is 1. The lowest BCUT2D eigenvalue weighted by atomic mass is 10.0. The van der Waals surface area contributed by atoms with Gasteiger partial charge in [0.05, 0.1) is 12.8 Å². The van der Waals surface area contributed by atoms with Gasteiger partial charge in [0, 0.05) is 5.69 Å². The molecule has 3 N–H and O–H groups in total. The summed E-state index contributed by atoms with van der Waals surface area (Å²) in [4.78, 5) is 46.7. The normalized spacial score (nSPS) is 10.3. The van der Waals surface area contributed by atoms with E-state index in [0.717, 1.165) is 5.56 Å². The molecule has 0 spiro atoms. The lowest BCUT2D eigenvalue weighted by Gasteiger charge is -2.09. The van der Waals surface area contributed by atoms with Crippen molar-refractivity contribution < 1.29 is 28.3 Å². The fourth-order valence-electron chi connectivity index (χ4n) is 2.23. The summed E-state index contributed by atoms with van der Waals surface area (Å²) in [5.41, 5.74) is 1.74. The van der Waals surface area contributed by atoms with Crippen molar-refractivity contribution in [2.75, 3.05) is 25.0 Å². The van der Waals surface area contributed by atoms with E-state index < -0.39 is 36.8 Å². The van der Waals surface area contributed by atoms with Crippen LogP contribution in [0.4, 0.5) is 5.69 Å². The summed E-state index contributed by atoms with van der Waals surface area (Å²) in [7, 11) is 0. The number of esters is 1. The van der Waals surface area contributed by atoms with Crippen molar-refractivity contribution in [3.63, 3.8) is 0 Å². The molecule has 0 aliphatic rings. The second-order valence-corrected chi connectivity index (χ2v) is 6.42. The van der Waals surface area contributed by atoms with Gasteiger partial charge in [-0.25, -0.2) is 0 Å². The minimum absolute atomic E-state index is 0.0714. The number of carbonyl (C=O) groups excluding carboxylic acids is 4. The zero-order chi connectivity index (χ0) is 21.2. The molecule has 2 rings (SSSR count). The van der Waals surface area contributed by atoms with Gasteiger partial charge in [0.2, 0.25) is 5.91 Å². The van der Waals surface area contributed by atoms with Crippen LogP contribution >= 0.6 is 0 Å². The molecular weight excluding hydrogens is 378 g/mol. The van der Waals surface area contributed by atoms with Crippen LogP contribution in [0.25, 0.3) is 0 Å². The van der Waals surface area contributed by atoms with E-state index in [2.05, 4.69) is 29.8 Å². The SMILES string of the molecule is CC(C)c1ccc(NC(=O)COC(=O)CNC(=O)CNC(=O)c2ccco2)cc1. The Kier molecular flexibility index (Phi) is 7.96. The monoisotopic (exact) mass is 401 g/mol. The van der Waals surface area contributed by atoms with E-state index in [1.165, 1.54) is 12.3 Å². The number of anilines is 1. The van der Waals surface area contributed by atoms with Gasteiger partial charge in [0.1, 0.15) is 6.54 Å². The van der Waals surface area contributed by atoms with Crippen molar-refractivity contribution >= 4 is 29.4 Å². The molecule has 0 aliphatic heterocycles. The average Bonchev–Trinajstić information content (AvgIpc) is 3.24. The molecule has 0 radical (unpaired) electrons. The molecule has 0 fully saturated rings. The topological polar surface area (TPSA) is 127 Å². The molecule has 0 bridgehead atoms. The number of ether oxygens (including phenoxy) is 1. The summed E-state index contributed by atoms with van der Waals surface area (Å²) in [6, 6.07) is 10.4. The third kappa shape index (κ3) is 7.49. The molecule has 0 unspecified atom stereocenters. The minimum Gasteiger partial charge on any atom is -0.459 e. The molecule has 0 aliphatic carbocycles. The van der Waals surface area contributed by atoms with Crippen LogP contribution in [0.15, 0.2) is 47.1 Å². The van der Waals surface area contributed by atoms with Gasteiger partial charge in [0.25, 0.3) is 11.8 Å². The first kappa shape index (κ1) is 21.7. The highest BCUT2D eigenvalue weighted by Crippen LogP contribution is 2.16. The molecule has 0 saturated heterocycles. The van der Waals surface area contributed by atoms with Crippen molar-refractivity contribution in [1.29, 1.82) is 0 Å². The molecule has 1 heterocycles. The van der Waals surface area contributed by atoms with Gasteiger partial charge in [-0.3, -0.25) is 19.2 Å². The van der Waals surface area contributed by atoms with Crippen LogP contribution in [0, 0.1) is 0 Å². The van der Waals surface area contributed by atoms with Gasteiger partial charge in [-0.15, -0.1) is 0 Å². The van der Waals surface area contributed by atoms with Gasteiger partial charge in [-0.2, -0.15) is 0 Å². The van der Waals surface area contributed by atoms with Crippen LogP contribution in [-0.4, -0.2) is 43.4 Å². The van der Waals surface area contributed by atoms with E-state index in [-0.39, 0.29) is 12.3 Å². The predicted octanol–water partition coefficient (Wildman–Crippen LogP) is 1.43. The fourth-order valence-corrected chi connectivity index (χ4v) is 2.23. The maximum atomic E-state index is 11.8. The Bertz CT molecular complexity index is 844. The molecule has 1 aromatic heterocycles. The number of nitrogens with one attached hydrogen (secondary N) is 3. The number of rotatable bonds is 9. The van der Waals surface area contributed by atoms with Crippen LogP contribution in [0.2, 0.25) is 0 Å². The van der Waals surface area contributed by atoms with Crippen molar-refractivity contribution in [3.8, 4) is 0 Å². The van der Waals surface area contributed by atoms with E-state index in [4.69, 9.17) is 9.15 Å². The highest BCUT2D eigenvalue weighted by atomic mass is 16.5. The highest BCUT2D eigenvalue weighted by Gasteiger charge is 2.12. The first-order valence-corrected chi connectivity index (χ1v) is 8.99. The number of hydrogen-bond acceptors (Lipinski definition) is 6. The standard InChI is InChI=1S/C20H23N3O6/c1-13(2)14-5-7-15(8-6-14)23-18(25)12-29-19(26)11-21-17(24)10-22-20(27)16-4-3-9-28-16/h3-9,13H,10-12H2,1-2H3,(H,21,24)(H,22,27)(H,23,25). The first-order valence-electron chi connectivity index (χ1n) is 8.99. The summed E-state index contributed by atoms with van der Waals surface area (Å²) in [6.45, 7) is 2.90. The first-order chi connectivity index (χ1) is 13.8. The quantitative estimate of drug-likeness (QED) is 0.546. The highest BCUT2D eigenvalue weighted by molar-refractivity contribution is 5.95. The Morgan fingerprint density at radius 1 is 0.966 bits per heavy atom. The lowest BCUT2D eigenvalue weighted by Crippen LogP contribution is -2.39. The third-order valence-electron chi connectivity index (χ3n) is 3.81. The number of amides is 3. The predicted molar refractivity (Wildman–Crippen MR) is 104 cm³/mol. The van der Waals surface area contributed by atoms with Gasteiger partial charge in [0.15, 0.2) is 12.4 Å². The Hall–Kier alpha value is -3.62. The van der Waals surface area contributed by atoms with Gasteiger partial charge in [-0.1, -0.05) is 26.0 Å². The van der Waals surface area contributed by atoms with E-state index in [1.54, 1.807) is 18.2 Å². The van der Waals surface area contributed by atoms with E-state index in [9.17, 15) is 19.2 Å². The van der Waals surface area contributed by atoms with E-state index >= 15 is 0 Å². The Balaban J connectivity index is 1.62. The number of furan rings is 1. The van der Waals surface area contributed by atoms with Crippen molar-refractivity contribution in [2.24, 2.45) is 0 Å². The molecule has 9 heteroatoms. The van der Waals surface area contributed by atoms with Crippen LogP contribution in [-0.2, 0) is 19.1 Å². The van der Waals surface area contributed by atoms with Gasteiger partial charge in [-0.05, 0) is 35.7 Å². The van der Waals surface area contributed by atoms with Crippen molar-refractivity contribution in [2.45, 2.75) is 19.8 Å². The number of hydrogen-bond donors (Lipinski definition) is 3. The Morgan fingerprint density at radius 3 is 2.31 bits per heavy atom. The molecule has 154 valence electrons. The number of carbonyl (C=O) groups is 4. The van der Waals surface area contributed by atoms with Crippen LogP contribution < -0.4 is 16.0 Å². The fraction of sp³-hybridized carbons (Fsp3) is 0.300. The lowest BCUT2D eigenvalue weighted by molar-refractivity contribution is -0.147. The summed E-state index contributed by atoms with van der Waals surface area (Å²) in [5, 5.41) is 7.23. The smallest absolute Gasteiger partial charge is 0.325 e. The summed E-state index contributed by atoms with van der Waals surface area (Å²) >= 11 is 0. The second-order valence-electron chi connectivity index (χ2n) is 6.42. The van der Waals surface area contributed by atoms with Crippen molar-refractivity contribution in [1.82, 2.24) is 10.6 Å². The van der Waals surface area contributed by atoms with Crippen LogP contribution in [0.1, 0.15) is 35.9 Å². The molecule has 9 nitrogen and oxygen atoms in total. The third-order valence-corrected chi connectivity index (χ3v) is 3.81. The second kappa shape index (κ2) is 10.6. The van der Waals surface area contributed by atoms with Crippen LogP contribution in [0.5, 0.6) is 0 Å². The molecular formula is C20H23N3O6. The average molecular weight is 401 g/mol. The molecule has 29 heavy (non-hydrogen) atoms. The van der Waals surface area contributed by atoms with Crippen molar-refractivity contribution in [3.05, 3.63) is 54.0 Å². The van der Waals surface area contributed by atoms with Gasteiger partial charge < -0.3 is 25.1 Å². The molecule has 1 aromatic carbocycles. The van der Waals surface area contributed by atoms with Crippen LogP contribution in [0.3, 0.4) is 0 Å². The minimum atomic E-state index is -0.777. The molecule has 0 saturated carbocycles. The summed E-state index contributed by atoms with van der Waals surface area (Å²) < 4.78 is 9.69. The largest absolute Gasteiger partial charge is 0.459 e. The molecule has 0 atom stereocenters. The van der Waals surface area contributed by atoms with E-state index in [1.807, 2.05) is 12.1 Å². The summed E-state index contributed by atoms with van der Waals surface area (Å²) in [5.74, 6) is -1.95. The molecule has 3 amide bonds. The summed E-state index contributed by atoms with van der Waals surface area (Å²) in [6.07, 6.45) is 1.34.